The molecule has 0 radical (unpaired) electrons. The van der Waals surface area contributed by atoms with Crippen molar-refractivity contribution in [2.24, 2.45) is 0 Å². The monoisotopic (exact) mass is 307 g/mol. The molecule has 1 heterocycles. The average molecular weight is 307 g/mol. The number of carbonyl (C=O) groups excluding carboxylic acids is 1. The first-order valence-corrected chi connectivity index (χ1v) is 7.52. The van der Waals surface area contributed by atoms with Crippen LogP contribution in [0, 0.1) is 0 Å². The maximum absolute atomic E-state index is 12.1. The zero-order valence-electron chi connectivity index (χ0n) is 13.6. The number of methoxy groups -OCH3 is 2. The lowest BCUT2D eigenvalue weighted by Crippen LogP contribution is -2.49. The third-order valence-corrected chi connectivity index (χ3v) is 3.91. The number of rotatable bonds is 6. The molecule has 0 bridgehead atoms. The third-order valence-electron chi connectivity index (χ3n) is 3.91. The fourth-order valence-electron chi connectivity index (χ4n) is 2.47. The Morgan fingerprint density at radius 2 is 1.82 bits per heavy atom. The van der Waals surface area contributed by atoms with Crippen LogP contribution in [-0.2, 0) is 11.3 Å². The second kappa shape index (κ2) is 8.00. The van der Waals surface area contributed by atoms with Crippen molar-refractivity contribution in [2.45, 2.75) is 6.54 Å². The summed E-state index contributed by atoms with van der Waals surface area (Å²) in [7, 11) is 5.31. The van der Waals surface area contributed by atoms with Gasteiger partial charge in [-0.25, -0.2) is 0 Å². The summed E-state index contributed by atoms with van der Waals surface area (Å²) < 4.78 is 10.5. The maximum Gasteiger partial charge on any atom is 0.236 e. The Balaban J connectivity index is 1.79. The molecule has 0 spiro atoms. The number of nitrogens with zero attached hydrogens (tertiary/aromatic N) is 2. The molecule has 1 aromatic rings. The third kappa shape index (κ3) is 4.35. The molecule has 0 unspecified atom stereocenters. The molecule has 1 amide bonds. The van der Waals surface area contributed by atoms with E-state index in [1.54, 1.807) is 14.2 Å². The molecule has 22 heavy (non-hydrogen) atoms. The van der Waals surface area contributed by atoms with Crippen LogP contribution in [0.4, 0.5) is 0 Å². The van der Waals surface area contributed by atoms with E-state index in [0.29, 0.717) is 24.6 Å². The molecular weight excluding hydrogens is 282 g/mol. The lowest BCUT2D eigenvalue weighted by Gasteiger charge is -2.32. The highest BCUT2D eigenvalue weighted by Crippen LogP contribution is 2.27. The molecule has 1 aliphatic heterocycles. The summed E-state index contributed by atoms with van der Waals surface area (Å²) in [5.41, 5.74) is 1.06. The van der Waals surface area contributed by atoms with Gasteiger partial charge in [-0.15, -0.1) is 0 Å². The highest BCUT2D eigenvalue weighted by atomic mass is 16.5. The molecule has 6 nitrogen and oxygen atoms in total. The van der Waals surface area contributed by atoms with E-state index in [9.17, 15) is 4.79 Å². The van der Waals surface area contributed by atoms with E-state index in [0.717, 1.165) is 31.7 Å². The summed E-state index contributed by atoms with van der Waals surface area (Å²) in [5, 5.41) is 3.20. The first-order valence-electron chi connectivity index (χ1n) is 7.52. The van der Waals surface area contributed by atoms with Gasteiger partial charge >= 0.3 is 0 Å². The van der Waals surface area contributed by atoms with Crippen molar-refractivity contribution in [1.29, 1.82) is 0 Å². The Labute approximate surface area is 132 Å². The Bertz CT molecular complexity index is 499. The molecule has 0 saturated carbocycles. The summed E-state index contributed by atoms with van der Waals surface area (Å²) >= 11 is 0. The first kappa shape index (κ1) is 16.6. The lowest BCUT2D eigenvalue weighted by molar-refractivity contribution is -0.131. The number of benzene rings is 1. The van der Waals surface area contributed by atoms with Crippen LogP contribution < -0.4 is 14.8 Å². The van der Waals surface area contributed by atoms with Crippen molar-refractivity contribution in [3.8, 4) is 11.5 Å². The van der Waals surface area contributed by atoms with E-state index >= 15 is 0 Å². The second-order valence-corrected chi connectivity index (χ2v) is 5.48. The van der Waals surface area contributed by atoms with Crippen molar-refractivity contribution in [1.82, 2.24) is 15.1 Å². The number of carbonyl (C=O) groups is 1. The van der Waals surface area contributed by atoms with E-state index < -0.39 is 0 Å². The fraction of sp³-hybridized carbons (Fsp3) is 0.562. The highest BCUT2D eigenvalue weighted by Gasteiger charge is 2.18. The van der Waals surface area contributed by atoms with Gasteiger partial charge in [-0.3, -0.25) is 4.79 Å². The van der Waals surface area contributed by atoms with E-state index in [1.165, 1.54) is 0 Å². The predicted octanol–water partition coefficient (Wildman–Crippen LogP) is 0.567. The Hall–Kier alpha value is -1.79. The summed E-state index contributed by atoms with van der Waals surface area (Å²) in [6.45, 7) is 4.50. The average Bonchev–Trinajstić information content (AvgIpc) is 2.55. The fourth-order valence-corrected chi connectivity index (χ4v) is 2.47. The van der Waals surface area contributed by atoms with Gasteiger partial charge in [0.1, 0.15) is 0 Å². The van der Waals surface area contributed by atoms with Gasteiger partial charge in [-0.05, 0) is 24.7 Å². The standard InChI is InChI=1S/C16H25N3O3/c1-18-6-8-19(9-7-18)16(20)12-17-11-13-4-5-14(21-2)15(10-13)22-3/h4-5,10,17H,6-9,11-12H2,1-3H3. The van der Waals surface area contributed by atoms with Crippen molar-refractivity contribution < 1.29 is 14.3 Å². The summed E-state index contributed by atoms with van der Waals surface area (Å²) in [4.78, 5) is 16.3. The van der Waals surface area contributed by atoms with Crippen LogP contribution in [-0.4, -0.2) is 69.7 Å². The SMILES string of the molecule is COc1ccc(CNCC(=O)N2CCN(C)CC2)cc1OC. The summed E-state index contributed by atoms with van der Waals surface area (Å²) in [5.74, 6) is 1.57. The quantitative estimate of drug-likeness (QED) is 0.833. The van der Waals surface area contributed by atoms with Crippen LogP contribution in [0.25, 0.3) is 0 Å². The Morgan fingerprint density at radius 1 is 1.14 bits per heavy atom. The normalized spacial score (nSPS) is 15.7. The number of amides is 1. The van der Waals surface area contributed by atoms with Crippen molar-refractivity contribution in [3.63, 3.8) is 0 Å². The minimum absolute atomic E-state index is 0.161. The molecule has 1 aromatic carbocycles. The van der Waals surface area contributed by atoms with E-state index in [2.05, 4.69) is 17.3 Å². The van der Waals surface area contributed by atoms with E-state index in [1.807, 2.05) is 23.1 Å². The smallest absolute Gasteiger partial charge is 0.236 e. The number of likely N-dealkylation sites (N-methyl/N-ethyl adjacent to an activating group) is 1. The molecule has 122 valence electrons. The zero-order valence-corrected chi connectivity index (χ0v) is 13.6. The van der Waals surface area contributed by atoms with Crippen molar-refractivity contribution in [2.75, 3.05) is 54.0 Å². The van der Waals surface area contributed by atoms with Gasteiger partial charge in [0.2, 0.25) is 5.91 Å². The largest absolute Gasteiger partial charge is 0.493 e. The van der Waals surface area contributed by atoms with E-state index in [-0.39, 0.29) is 5.91 Å². The first-order chi connectivity index (χ1) is 10.6. The Morgan fingerprint density at radius 3 is 2.45 bits per heavy atom. The van der Waals surface area contributed by atoms with Crippen LogP contribution in [0.2, 0.25) is 0 Å². The second-order valence-electron chi connectivity index (χ2n) is 5.48. The molecule has 0 aliphatic carbocycles. The van der Waals surface area contributed by atoms with Gasteiger partial charge in [0, 0.05) is 32.7 Å². The van der Waals surface area contributed by atoms with Crippen molar-refractivity contribution in [3.05, 3.63) is 23.8 Å². The topological polar surface area (TPSA) is 54.0 Å². The summed E-state index contributed by atoms with van der Waals surface area (Å²) in [6, 6.07) is 5.76. The summed E-state index contributed by atoms with van der Waals surface area (Å²) in [6.07, 6.45) is 0. The number of nitrogens with one attached hydrogen (secondary N) is 1. The van der Waals surface area contributed by atoms with Crippen molar-refractivity contribution >= 4 is 5.91 Å². The lowest BCUT2D eigenvalue weighted by atomic mass is 10.2. The zero-order chi connectivity index (χ0) is 15.9. The number of hydrogen-bond acceptors (Lipinski definition) is 5. The number of piperazine rings is 1. The van der Waals surface area contributed by atoms with Crippen LogP contribution >= 0.6 is 0 Å². The minimum atomic E-state index is 0.161. The molecule has 1 N–H and O–H groups in total. The molecule has 1 saturated heterocycles. The van der Waals surface area contributed by atoms with Crippen LogP contribution in [0.3, 0.4) is 0 Å². The van der Waals surface area contributed by atoms with Gasteiger partial charge in [0.15, 0.2) is 11.5 Å². The number of ether oxygens (including phenoxy) is 2. The molecule has 1 aliphatic rings. The molecule has 6 heteroatoms. The van der Waals surface area contributed by atoms with Crippen LogP contribution in [0.1, 0.15) is 5.56 Å². The van der Waals surface area contributed by atoms with Gasteiger partial charge < -0.3 is 24.6 Å². The predicted molar refractivity (Wildman–Crippen MR) is 85.3 cm³/mol. The Kier molecular flexibility index (Phi) is 6.03. The molecule has 0 aromatic heterocycles. The van der Waals surface area contributed by atoms with Gasteiger partial charge in [-0.2, -0.15) is 0 Å². The van der Waals surface area contributed by atoms with Crippen LogP contribution in [0.5, 0.6) is 11.5 Å². The van der Waals surface area contributed by atoms with E-state index in [4.69, 9.17) is 9.47 Å². The molecule has 1 fully saturated rings. The molecule has 0 atom stereocenters. The van der Waals surface area contributed by atoms with Gasteiger partial charge in [-0.1, -0.05) is 6.07 Å². The van der Waals surface area contributed by atoms with Crippen LogP contribution in [0.15, 0.2) is 18.2 Å². The van der Waals surface area contributed by atoms with Gasteiger partial charge in [0.25, 0.3) is 0 Å². The molecular formula is C16H25N3O3. The highest BCUT2D eigenvalue weighted by molar-refractivity contribution is 5.78. The maximum atomic E-state index is 12.1. The minimum Gasteiger partial charge on any atom is -0.493 e. The number of hydrogen-bond donors (Lipinski definition) is 1. The van der Waals surface area contributed by atoms with Gasteiger partial charge in [0.05, 0.1) is 20.8 Å². The molecule has 2 rings (SSSR count).